The lowest BCUT2D eigenvalue weighted by molar-refractivity contribution is 0.592. The molecule has 0 saturated carbocycles. The number of halogens is 1. The van der Waals surface area contributed by atoms with Crippen molar-refractivity contribution in [2.75, 3.05) is 4.72 Å². The molecule has 116 valence electrons. The van der Waals surface area contributed by atoms with Gasteiger partial charge in [0, 0.05) is 5.56 Å². The first-order valence-electron chi connectivity index (χ1n) is 6.40. The molecule has 0 bridgehead atoms. The Hall–Kier alpha value is -2.00. The van der Waals surface area contributed by atoms with Gasteiger partial charge in [-0.25, -0.2) is 9.37 Å². The summed E-state index contributed by atoms with van der Waals surface area (Å²) in [6, 6.07) is 4.24. The minimum atomic E-state index is -3.93. The molecule has 6 nitrogen and oxygen atoms in total. The minimum absolute atomic E-state index is 0.0319. The first kappa shape index (κ1) is 14.9. The number of aryl methyl sites for hydroxylation is 2. The van der Waals surface area contributed by atoms with Crippen LogP contribution in [0.3, 0.4) is 0 Å². The molecule has 0 fully saturated rings. The fourth-order valence-electron chi connectivity index (χ4n) is 2.15. The second kappa shape index (κ2) is 5.03. The normalized spacial score (nSPS) is 12.0. The highest BCUT2D eigenvalue weighted by atomic mass is 32.2. The number of rotatable bonds is 3. The summed E-state index contributed by atoms with van der Waals surface area (Å²) in [4.78, 5) is 4.71. The largest absolute Gasteiger partial charge is 0.281 e. The number of sulfonamides is 1. The Balaban J connectivity index is 2.12. The maximum Gasteiger partial charge on any atom is 0.281 e. The molecule has 22 heavy (non-hydrogen) atoms. The lowest BCUT2D eigenvalue weighted by Gasteiger charge is -2.10. The number of anilines is 1. The number of nitrogens with one attached hydrogen (secondary N) is 1. The highest BCUT2D eigenvalue weighted by Crippen LogP contribution is 2.25. The first-order valence-corrected chi connectivity index (χ1v) is 8.70. The van der Waals surface area contributed by atoms with Crippen molar-refractivity contribution in [3.63, 3.8) is 0 Å². The molecule has 3 aromatic rings. The Bertz CT molecular complexity index is 976. The van der Waals surface area contributed by atoms with Crippen LogP contribution in [-0.4, -0.2) is 23.0 Å². The van der Waals surface area contributed by atoms with Crippen LogP contribution in [0.2, 0.25) is 0 Å². The predicted molar refractivity (Wildman–Crippen MR) is 82.3 cm³/mol. The van der Waals surface area contributed by atoms with E-state index in [1.54, 1.807) is 13.8 Å². The van der Waals surface area contributed by atoms with Crippen molar-refractivity contribution in [1.29, 1.82) is 0 Å². The Kier molecular flexibility index (Phi) is 3.41. The van der Waals surface area contributed by atoms with Gasteiger partial charge in [0.15, 0.2) is 0 Å². The van der Waals surface area contributed by atoms with Gasteiger partial charge in [-0.3, -0.25) is 4.72 Å². The van der Waals surface area contributed by atoms with Gasteiger partial charge in [-0.15, -0.1) is 0 Å². The number of hydrogen-bond acceptors (Lipinski definition) is 5. The van der Waals surface area contributed by atoms with E-state index < -0.39 is 15.8 Å². The second-order valence-electron chi connectivity index (χ2n) is 4.84. The van der Waals surface area contributed by atoms with Crippen LogP contribution >= 0.6 is 11.3 Å². The molecule has 3 rings (SSSR count). The Morgan fingerprint density at radius 3 is 2.73 bits per heavy atom. The number of hydrogen-bond donors (Lipinski definition) is 1. The Labute approximate surface area is 130 Å². The zero-order valence-electron chi connectivity index (χ0n) is 12.1. The van der Waals surface area contributed by atoms with Crippen molar-refractivity contribution in [3.8, 4) is 0 Å². The molecule has 2 heterocycles. The van der Waals surface area contributed by atoms with Crippen molar-refractivity contribution >= 4 is 32.0 Å². The van der Waals surface area contributed by atoms with Gasteiger partial charge in [0.05, 0.1) is 11.4 Å². The molecule has 0 unspecified atom stereocenters. The van der Waals surface area contributed by atoms with Crippen molar-refractivity contribution in [1.82, 2.24) is 14.6 Å². The minimum Gasteiger partial charge on any atom is -0.278 e. The monoisotopic (exact) mass is 340 g/mol. The molecule has 0 radical (unpaired) electrons. The maximum atomic E-state index is 13.6. The van der Waals surface area contributed by atoms with Crippen LogP contribution < -0.4 is 4.72 Å². The fraction of sp³-hybridized carbons (Fsp3) is 0.231. The summed E-state index contributed by atoms with van der Waals surface area (Å²) in [5.74, 6) is -0.472. The topological polar surface area (TPSA) is 76.4 Å². The predicted octanol–water partition coefficient (Wildman–Crippen LogP) is 2.66. The van der Waals surface area contributed by atoms with E-state index in [1.165, 1.54) is 41.0 Å². The van der Waals surface area contributed by atoms with Gasteiger partial charge < -0.3 is 0 Å². The molecule has 0 aliphatic heterocycles. The van der Waals surface area contributed by atoms with Crippen LogP contribution in [0, 0.1) is 26.6 Å². The summed E-state index contributed by atoms with van der Waals surface area (Å²) in [5.41, 5.74) is 0.778. The SMILES string of the molecule is Cc1nn2c(S(=O)(=O)Nc3cccc(F)c3C)c(C)nc2s1. The van der Waals surface area contributed by atoms with Gasteiger partial charge in [0.25, 0.3) is 10.0 Å². The highest BCUT2D eigenvalue weighted by molar-refractivity contribution is 7.92. The van der Waals surface area contributed by atoms with Gasteiger partial charge in [0.1, 0.15) is 10.8 Å². The summed E-state index contributed by atoms with van der Waals surface area (Å²) < 4.78 is 42.6. The average molecular weight is 340 g/mol. The van der Waals surface area contributed by atoms with Crippen LogP contribution in [0.15, 0.2) is 23.2 Å². The fourth-order valence-corrected chi connectivity index (χ4v) is 4.39. The zero-order valence-corrected chi connectivity index (χ0v) is 13.7. The zero-order chi connectivity index (χ0) is 16.1. The van der Waals surface area contributed by atoms with E-state index in [4.69, 9.17) is 0 Å². The van der Waals surface area contributed by atoms with Crippen LogP contribution in [0.25, 0.3) is 4.96 Å². The van der Waals surface area contributed by atoms with Crippen molar-refractivity contribution in [2.24, 2.45) is 0 Å². The average Bonchev–Trinajstić information content (AvgIpc) is 2.89. The van der Waals surface area contributed by atoms with Crippen molar-refractivity contribution < 1.29 is 12.8 Å². The molecule has 0 aliphatic carbocycles. The summed E-state index contributed by atoms with van der Waals surface area (Å²) in [6.45, 7) is 4.89. The lowest BCUT2D eigenvalue weighted by Crippen LogP contribution is -2.17. The molecule has 1 N–H and O–H groups in total. The molecular formula is C13H13FN4O2S2. The van der Waals surface area contributed by atoms with E-state index in [9.17, 15) is 12.8 Å². The molecule has 0 aliphatic rings. The number of nitrogens with zero attached hydrogens (tertiary/aromatic N) is 3. The standard InChI is InChI=1S/C13H13FN4O2S2/c1-7-10(14)5-4-6-11(7)17-22(19,20)12-8(2)15-13-18(12)16-9(3)21-13/h4-6,17H,1-3H3. The van der Waals surface area contributed by atoms with E-state index in [1.807, 2.05) is 0 Å². The maximum absolute atomic E-state index is 13.6. The summed E-state index contributed by atoms with van der Waals surface area (Å²) >= 11 is 1.30. The quantitative estimate of drug-likeness (QED) is 0.795. The lowest BCUT2D eigenvalue weighted by atomic mass is 10.2. The van der Waals surface area contributed by atoms with E-state index in [0.717, 1.165) is 0 Å². The smallest absolute Gasteiger partial charge is 0.278 e. The van der Waals surface area contributed by atoms with Crippen LogP contribution in [0.5, 0.6) is 0 Å². The molecular weight excluding hydrogens is 327 g/mol. The van der Waals surface area contributed by atoms with Gasteiger partial charge >= 0.3 is 0 Å². The van der Waals surface area contributed by atoms with Crippen LogP contribution in [0.1, 0.15) is 16.3 Å². The number of fused-ring (bicyclic) bond motifs is 1. The summed E-state index contributed by atoms with van der Waals surface area (Å²) in [7, 11) is -3.93. The third kappa shape index (κ3) is 2.35. The van der Waals surface area contributed by atoms with Gasteiger partial charge in [-0.2, -0.15) is 18.0 Å². The van der Waals surface area contributed by atoms with Crippen molar-refractivity contribution in [2.45, 2.75) is 25.8 Å². The third-order valence-electron chi connectivity index (χ3n) is 3.19. The van der Waals surface area contributed by atoms with Gasteiger partial charge in [0.2, 0.25) is 9.99 Å². The second-order valence-corrected chi connectivity index (χ2v) is 7.59. The number of aromatic nitrogens is 3. The summed E-state index contributed by atoms with van der Waals surface area (Å²) in [6.07, 6.45) is 0. The van der Waals surface area contributed by atoms with E-state index >= 15 is 0 Å². The highest BCUT2D eigenvalue weighted by Gasteiger charge is 2.26. The van der Waals surface area contributed by atoms with Crippen LogP contribution in [0.4, 0.5) is 10.1 Å². The van der Waals surface area contributed by atoms with Gasteiger partial charge in [-0.1, -0.05) is 17.4 Å². The van der Waals surface area contributed by atoms with Crippen molar-refractivity contribution in [3.05, 3.63) is 40.3 Å². The molecule has 1 aromatic carbocycles. The molecule has 0 atom stereocenters. The summed E-state index contributed by atoms with van der Waals surface area (Å²) in [5, 5.41) is 4.84. The molecule has 0 amide bonds. The number of imidazole rings is 1. The molecule has 9 heteroatoms. The first-order chi connectivity index (χ1) is 10.3. The molecule has 0 spiro atoms. The van der Waals surface area contributed by atoms with E-state index in [2.05, 4.69) is 14.8 Å². The molecule has 0 saturated heterocycles. The number of benzene rings is 1. The van der Waals surface area contributed by atoms with E-state index in [0.29, 0.717) is 15.7 Å². The molecule has 2 aromatic heterocycles. The van der Waals surface area contributed by atoms with E-state index in [-0.39, 0.29) is 16.3 Å². The Morgan fingerprint density at radius 1 is 1.27 bits per heavy atom. The Morgan fingerprint density at radius 2 is 2.00 bits per heavy atom. The third-order valence-corrected chi connectivity index (χ3v) is 5.48. The van der Waals surface area contributed by atoms with Gasteiger partial charge in [-0.05, 0) is 32.9 Å². The van der Waals surface area contributed by atoms with Crippen LogP contribution in [-0.2, 0) is 10.0 Å².